The Morgan fingerprint density at radius 3 is 0.732 bits per heavy atom. The van der Waals surface area contributed by atoms with Crippen LogP contribution in [0, 0.1) is 23.7 Å². The molecule has 0 aliphatic carbocycles. The van der Waals surface area contributed by atoms with Crippen LogP contribution in [-0.2, 0) is 65.4 Å². The molecular weight excluding hydrogens is 1270 g/mol. The maximum atomic E-state index is 13.1. The van der Waals surface area contributed by atoms with Crippen molar-refractivity contribution in [2.75, 3.05) is 39.6 Å². The zero-order valence-corrected chi connectivity index (χ0v) is 65.5. The second kappa shape index (κ2) is 67.2. The van der Waals surface area contributed by atoms with Crippen LogP contribution in [0.25, 0.3) is 0 Å². The van der Waals surface area contributed by atoms with Crippen LogP contribution >= 0.6 is 15.6 Å². The van der Waals surface area contributed by atoms with Gasteiger partial charge in [0.15, 0.2) is 12.2 Å². The van der Waals surface area contributed by atoms with Crippen LogP contribution < -0.4 is 0 Å². The smallest absolute Gasteiger partial charge is 0.462 e. The van der Waals surface area contributed by atoms with E-state index in [1.807, 2.05) is 0 Å². The van der Waals surface area contributed by atoms with Crippen molar-refractivity contribution in [3.05, 3.63) is 0 Å². The molecule has 7 atom stereocenters. The highest BCUT2D eigenvalue weighted by Gasteiger charge is 2.30. The number of aliphatic hydroxyl groups excluding tert-OH is 1. The van der Waals surface area contributed by atoms with Crippen molar-refractivity contribution in [3.63, 3.8) is 0 Å². The predicted molar refractivity (Wildman–Crippen MR) is 395 cm³/mol. The fourth-order valence-corrected chi connectivity index (χ4v) is 13.4. The molecule has 3 N–H and O–H groups in total. The largest absolute Gasteiger partial charge is 0.472 e. The van der Waals surface area contributed by atoms with Crippen molar-refractivity contribution >= 4 is 39.5 Å². The molecule has 17 nitrogen and oxygen atoms in total. The Morgan fingerprint density at radius 2 is 0.495 bits per heavy atom. The van der Waals surface area contributed by atoms with Crippen molar-refractivity contribution in [1.29, 1.82) is 0 Å². The fraction of sp³-hybridized carbons (Fsp3) is 0.949. The first-order valence-electron chi connectivity index (χ1n) is 40.3. The third-order valence-corrected chi connectivity index (χ3v) is 20.7. The van der Waals surface area contributed by atoms with E-state index >= 15 is 0 Å². The van der Waals surface area contributed by atoms with Crippen LogP contribution in [0.1, 0.15) is 396 Å². The number of rotatable bonds is 75. The molecule has 0 aliphatic rings. The summed E-state index contributed by atoms with van der Waals surface area (Å²) >= 11 is 0. The molecule has 0 bridgehead atoms. The number of carbonyl (C=O) groups is 4. The summed E-state index contributed by atoms with van der Waals surface area (Å²) in [6.45, 7) is 14.2. The lowest BCUT2D eigenvalue weighted by Gasteiger charge is -2.21. The van der Waals surface area contributed by atoms with Gasteiger partial charge >= 0.3 is 39.5 Å². The van der Waals surface area contributed by atoms with Gasteiger partial charge in [-0.25, -0.2) is 9.13 Å². The lowest BCUT2D eigenvalue weighted by atomic mass is 9.99. The minimum absolute atomic E-state index is 0.104. The molecule has 0 radical (unpaired) electrons. The number of carbonyl (C=O) groups excluding carboxylic acids is 4. The number of aliphatic hydroxyl groups is 1. The molecule has 0 spiro atoms. The molecule has 0 amide bonds. The topological polar surface area (TPSA) is 237 Å². The molecular formula is C78H152O17P2. The lowest BCUT2D eigenvalue weighted by molar-refractivity contribution is -0.161. The molecule has 576 valence electrons. The van der Waals surface area contributed by atoms with E-state index in [4.69, 9.17) is 37.0 Å². The van der Waals surface area contributed by atoms with Crippen molar-refractivity contribution < 1.29 is 80.2 Å². The van der Waals surface area contributed by atoms with E-state index in [9.17, 15) is 43.2 Å². The molecule has 19 heteroatoms. The molecule has 0 aromatic rings. The average Bonchev–Trinajstić information content (AvgIpc) is 1.24. The highest BCUT2D eigenvalue weighted by molar-refractivity contribution is 7.47. The van der Waals surface area contributed by atoms with Gasteiger partial charge in [0.25, 0.3) is 0 Å². The van der Waals surface area contributed by atoms with Crippen molar-refractivity contribution in [3.8, 4) is 0 Å². The summed E-state index contributed by atoms with van der Waals surface area (Å²) in [4.78, 5) is 72.8. The normalized spacial score (nSPS) is 14.6. The summed E-state index contributed by atoms with van der Waals surface area (Å²) < 4.78 is 68.6. The number of phosphoric acid groups is 2. The van der Waals surface area contributed by atoms with Gasteiger partial charge < -0.3 is 33.8 Å². The van der Waals surface area contributed by atoms with Gasteiger partial charge in [0.1, 0.15) is 19.3 Å². The molecule has 0 aromatic heterocycles. The number of hydrogen-bond acceptors (Lipinski definition) is 15. The van der Waals surface area contributed by atoms with Crippen LogP contribution in [0.3, 0.4) is 0 Å². The summed E-state index contributed by atoms with van der Waals surface area (Å²) in [5.74, 6) is 0.980. The molecule has 0 heterocycles. The van der Waals surface area contributed by atoms with Crippen molar-refractivity contribution in [2.45, 2.75) is 414 Å². The van der Waals surface area contributed by atoms with Crippen LogP contribution in [0.2, 0.25) is 0 Å². The Morgan fingerprint density at radius 1 is 0.289 bits per heavy atom. The van der Waals surface area contributed by atoms with Gasteiger partial charge in [-0.3, -0.25) is 37.3 Å². The van der Waals surface area contributed by atoms with E-state index in [1.54, 1.807) is 0 Å². The Hall–Kier alpha value is -1.94. The molecule has 0 rings (SSSR count). The van der Waals surface area contributed by atoms with Crippen molar-refractivity contribution in [2.24, 2.45) is 23.7 Å². The zero-order valence-electron chi connectivity index (χ0n) is 63.7. The van der Waals surface area contributed by atoms with Gasteiger partial charge in [-0.1, -0.05) is 344 Å². The second-order valence-electron chi connectivity index (χ2n) is 29.5. The predicted octanol–water partition coefficient (Wildman–Crippen LogP) is 22.8. The Bertz CT molecular complexity index is 1910. The van der Waals surface area contributed by atoms with E-state index in [2.05, 4.69) is 55.4 Å². The van der Waals surface area contributed by atoms with E-state index < -0.39 is 97.5 Å². The van der Waals surface area contributed by atoms with E-state index in [-0.39, 0.29) is 25.7 Å². The summed E-state index contributed by atoms with van der Waals surface area (Å²) in [7, 11) is -9.92. The van der Waals surface area contributed by atoms with Crippen LogP contribution in [0.4, 0.5) is 0 Å². The SMILES string of the molecule is CCC(C)CCCCCCCCCCCCCCCCC(=O)OC[C@H](COP(=O)(O)OC[C@@H](O)COP(=O)(O)OC[C@@H](COC(=O)CCCCCCCCC(C)C)OC(=O)CCCCCCCCCCC(C)CC)OC(=O)CCCCCCCCCCCCCCCCCC(C)C. The summed E-state index contributed by atoms with van der Waals surface area (Å²) in [6, 6.07) is 0. The Balaban J connectivity index is 5.23. The summed E-state index contributed by atoms with van der Waals surface area (Å²) in [5.41, 5.74) is 0. The number of esters is 4. The van der Waals surface area contributed by atoms with Gasteiger partial charge in [0.05, 0.1) is 26.4 Å². The molecule has 0 saturated carbocycles. The number of hydrogen-bond donors (Lipinski definition) is 3. The highest BCUT2D eigenvalue weighted by atomic mass is 31.2. The average molecular weight is 1420 g/mol. The summed E-state index contributed by atoms with van der Waals surface area (Å²) in [5, 5.41) is 10.6. The molecule has 0 saturated heterocycles. The Kier molecular flexibility index (Phi) is 65.9. The molecule has 4 unspecified atom stereocenters. The van der Waals surface area contributed by atoms with Crippen LogP contribution in [-0.4, -0.2) is 96.7 Å². The Labute approximate surface area is 594 Å². The molecule has 0 fully saturated rings. The molecule has 97 heavy (non-hydrogen) atoms. The maximum absolute atomic E-state index is 13.1. The van der Waals surface area contributed by atoms with Gasteiger partial charge in [-0.05, 0) is 49.4 Å². The number of ether oxygens (including phenoxy) is 4. The maximum Gasteiger partial charge on any atom is 0.472 e. The van der Waals surface area contributed by atoms with E-state index in [0.717, 1.165) is 114 Å². The number of unbranched alkanes of at least 4 members (excludes halogenated alkanes) is 39. The monoisotopic (exact) mass is 1420 g/mol. The standard InChI is InChI=1S/C78H152O17P2/c1-9-70(7)56-48-40-31-25-21-17-14-15-18-22-26-33-42-50-58-75(80)88-64-73(94-77(82)60-52-44-34-27-23-19-13-11-12-16-20-24-30-38-46-54-68(3)4)66-92-96(84,85)90-62-72(79)63-91-97(86,87)93-67-74(65-89-76(81)59-51-43-37-36-39-47-55-69(5)6)95-78(83)61-53-45-35-29-28-32-41-49-57-71(8)10-2/h68-74,79H,9-67H2,1-8H3,(H,84,85)(H,86,87)/t70?,71?,72-,73-,74-/m1/s1. The van der Waals surface area contributed by atoms with Crippen LogP contribution in [0.15, 0.2) is 0 Å². The first kappa shape index (κ1) is 95.1. The van der Waals surface area contributed by atoms with Gasteiger partial charge in [-0.2, -0.15) is 0 Å². The van der Waals surface area contributed by atoms with Crippen LogP contribution in [0.5, 0.6) is 0 Å². The lowest BCUT2D eigenvalue weighted by Crippen LogP contribution is -2.30. The molecule has 0 aromatic carbocycles. The fourth-order valence-electron chi connectivity index (χ4n) is 11.8. The minimum atomic E-state index is -4.96. The third kappa shape index (κ3) is 69.5. The quantitative estimate of drug-likeness (QED) is 0.0222. The van der Waals surface area contributed by atoms with Crippen molar-refractivity contribution in [1.82, 2.24) is 0 Å². The highest BCUT2D eigenvalue weighted by Crippen LogP contribution is 2.45. The van der Waals surface area contributed by atoms with Gasteiger partial charge in [0.2, 0.25) is 0 Å². The first-order chi connectivity index (χ1) is 46.7. The van der Waals surface area contributed by atoms with E-state index in [1.165, 1.54) is 193 Å². The third-order valence-electron chi connectivity index (χ3n) is 18.8. The number of phosphoric ester groups is 2. The van der Waals surface area contributed by atoms with Gasteiger partial charge in [0, 0.05) is 25.7 Å². The first-order valence-corrected chi connectivity index (χ1v) is 43.3. The van der Waals surface area contributed by atoms with E-state index in [0.29, 0.717) is 31.6 Å². The summed E-state index contributed by atoms with van der Waals surface area (Å²) in [6.07, 6.45) is 52.8. The molecule has 0 aliphatic heterocycles. The van der Waals surface area contributed by atoms with Gasteiger partial charge in [-0.15, -0.1) is 0 Å². The minimum Gasteiger partial charge on any atom is -0.462 e. The second-order valence-corrected chi connectivity index (χ2v) is 32.4. The zero-order chi connectivity index (χ0) is 71.7.